The van der Waals surface area contributed by atoms with E-state index in [1.807, 2.05) is 0 Å². The third kappa shape index (κ3) is 9.79. The Bertz CT molecular complexity index is 850. The van der Waals surface area contributed by atoms with Gasteiger partial charge in [0.05, 0.1) is 24.6 Å². The lowest BCUT2D eigenvalue weighted by molar-refractivity contribution is -0.384. The number of carboxylic acids is 3. The Morgan fingerprint density at radius 1 is 0.882 bits per heavy atom. The number of rotatable bonds is 9. The molecule has 34 heavy (non-hydrogen) atoms. The smallest absolute Gasteiger partial charge is 0.317 e. The van der Waals surface area contributed by atoms with E-state index >= 15 is 0 Å². The first-order valence-electron chi connectivity index (χ1n) is 10.9. The van der Waals surface area contributed by atoms with E-state index in [-0.39, 0.29) is 44.5 Å². The first kappa shape index (κ1) is 27.1. The van der Waals surface area contributed by atoms with E-state index < -0.39 is 22.8 Å². The molecule has 0 amide bonds. The summed E-state index contributed by atoms with van der Waals surface area (Å²) in [6.45, 7) is 1.97. The van der Waals surface area contributed by atoms with Gasteiger partial charge >= 0.3 is 17.9 Å². The molecule has 1 unspecified atom stereocenters. The molecule has 2 rings (SSSR count). The van der Waals surface area contributed by atoms with Crippen LogP contribution in [0.4, 0.5) is 5.69 Å². The monoisotopic (exact) mass is 481 g/mol. The number of benzene rings is 1. The third-order valence-electron chi connectivity index (χ3n) is 5.57. The van der Waals surface area contributed by atoms with E-state index in [0.717, 1.165) is 5.56 Å². The fraction of sp³-hybridized carbons (Fsp3) is 0.571. The maximum Gasteiger partial charge on any atom is 0.317 e. The van der Waals surface area contributed by atoms with Crippen LogP contribution in [-0.2, 0) is 20.8 Å². The lowest BCUT2D eigenvalue weighted by Crippen LogP contribution is -2.52. The Labute approximate surface area is 196 Å². The second-order valence-electron chi connectivity index (χ2n) is 8.19. The van der Waals surface area contributed by atoms with Crippen molar-refractivity contribution in [2.45, 2.75) is 12.5 Å². The molecule has 1 heterocycles. The van der Waals surface area contributed by atoms with Crippen LogP contribution >= 0.6 is 0 Å². The molecule has 13 nitrogen and oxygen atoms in total. The Kier molecular flexibility index (Phi) is 10.8. The largest absolute Gasteiger partial charge is 0.480 e. The van der Waals surface area contributed by atoms with Gasteiger partial charge in [-0.1, -0.05) is 12.1 Å². The number of nitro groups is 1. The van der Waals surface area contributed by atoms with Gasteiger partial charge in [-0.3, -0.25) is 39.2 Å². The Balaban J connectivity index is 2.29. The zero-order chi connectivity index (χ0) is 25.1. The fourth-order valence-corrected chi connectivity index (χ4v) is 3.95. The summed E-state index contributed by atoms with van der Waals surface area (Å²) < 4.78 is 0. The van der Waals surface area contributed by atoms with Crippen LogP contribution in [0.15, 0.2) is 24.3 Å². The molecule has 0 bridgehead atoms. The number of carbonyl (C=O) groups is 3. The van der Waals surface area contributed by atoms with Crippen LogP contribution in [0.2, 0.25) is 0 Å². The van der Waals surface area contributed by atoms with Crippen LogP contribution < -0.4 is 5.32 Å². The number of nitrogens with one attached hydrogen (secondary N) is 1. The van der Waals surface area contributed by atoms with Crippen LogP contribution in [0, 0.1) is 10.1 Å². The summed E-state index contributed by atoms with van der Waals surface area (Å²) in [6, 6.07) is 5.61. The molecule has 188 valence electrons. The molecule has 1 aromatic carbocycles. The van der Waals surface area contributed by atoms with Crippen molar-refractivity contribution in [2.75, 3.05) is 65.4 Å². The zero-order valence-electron chi connectivity index (χ0n) is 18.8. The molecule has 1 aliphatic heterocycles. The van der Waals surface area contributed by atoms with E-state index in [0.29, 0.717) is 39.1 Å². The van der Waals surface area contributed by atoms with Gasteiger partial charge in [0.2, 0.25) is 0 Å². The van der Waals surface area contributed by atoms with Crippen molar-refractivity contribution < 1.29 is 34.6 Å². The Morgan fingerprint density at radius 3 is 2.03 bits per heavy atom. The van der Waals surface area contributed by atoms with Gasteiger partial charge in [-0.05, 0) is 12.0 Å². The molecule has 1 aliphatic rings. The predicted octanol–water partition coefficient (Wildman–Crippen LogP) is -0.731. The van der Waals surface area contributed by atoms with Crippen molar-refractivity contribution in [3.63, 3.8) is 0 Å². The molecule has 1 saturated heterocycles. The van der Waals surface area contributed by atoms with Gasteiger partial charge in [-0.15, -0.1) is 0 Å². The molecule has 13 heteroatoms. The van der Waals surface area contributed by atoms with Crippen molar-refractivity contribution in [3.05, 3.63) is 39.9 Å². The van der Waals surface area contributed by atoms with Gasteiger partial charge < -0.3 is 20.6 Å². The minimum Gasteiger partial charge on any atom is -0.480 e. The second kappa shape index (κ2) is 13.5. The lowest BCUT2D eigenvalue weighted by atomic mass is 10.0. The molecule has 4 N–H and O–H groups in total. The van der Waals surface area contributed by atoms with Crippen LogP contribution in [0.1, 0.15) is 5.56 Å². The van der Waals surface area contributed by atoms with Gasteiger partial charge in [0.1, 0.15) is 0 Å². The van der Waals surface area contributed by atoms with E-state index in [4.69, 9.17) is 0 Å². The molecule has 0 radical (unpaired) electrons. The van der Waals surface area contributed by atoms with E-state index in [1.165, 1.54) is 12.1 Å². The number of nitrogens with zero attached hydrogens (tertiary/aromatic N) is 4. The van der Waals surface area contributed by atoms with Gasteiger partial charge in [0.25, 0.3) is 5.69 Å². The topological polar surface area (TPSA) is 177 Å². The molecule has 1 aromatic rings. The Hall–Kier alpha value is -3.13. The van der Waals surface area contributed by atoms with Gasteiger partial charge in [-0.25, -0.2) is 0 Å². The maximum absolute atomic E-state index is 11.6. The number of hydrogen-bond acceptors (Lipinski definition) is 9. The van der Waals surface area contributed by atoms with Crippen LogP contribution in [0.3, 0.4) is 0 Å². The first-order valence-corrected chi connectivity index (χ1v) is 10.9. The first-order chi connectivity index (χ1) is 16.1. The number of carboxylic acid groups (broad SMARTS) is 3. The average Bonchev–Trinajstić information content (AvgIpc) is 2.74. The van der Waals surface area contributed by atoms with Crippen LogP contribution in [0.5, 0.6) is 0 Å². The number of hydrogen-bond donors (Lipinski definition) is 4. The lowest BCUT2D eigenvalue weighted by Gasteiger charge is -2.36. The van der Waals surface area contributed by atoms with Crippen molar-refractivity contribution in [3.8, 4) is 0 Å². The summed E-state index contributed by atoms with van der Waals surface area (Å²) in [7, 11) is 0. The molecular weight excluding hydrogens is 450 g/mol. The number of non-ortho nitro benzene ring substituents is 1. The Morgan fingerprint density at radius 2 is 1.44 bits per heavy atom. The molecular formula is C21H31N5O8. The normalized spacial score (nSPS) is 19.6. The average molecular weight is 482 g/mol. The standard InChI is InChI=1S/C21H31N5O8/c27-19(28)13-23-7-5-22-6-8-25(15-21(31)32)18(12-24(10-9-23)14-20(29)30)11-16-1-3-17(4-2-16)26(33)34/h1-4,18,22H,5-15H2,(H,27,28)(H,29,30)(H,31,32). The quantitative estimate of drug-likeness (QED) is 0.257. The summed E-state index contributed by atoms with van der Waals surface area (Å²) in [6.07, 6.45) is 0.361. The minimum atomic E-state index is -1.04. The summed E-state index contributed by atoms with van der Waals surface area (Å²) in [5, 5.41) is 42.2. The molecule has 0 aliphatic carbocycles. The van der Waals surface area contributed by atoms with Crippen LogP contribution in [0.25, 0.3) is 0 Å². The van der Waals surface area contributed by atoms with E-state index in [2.05, 4.69) is 5.32 Å². The predicted molar refractivity (Wildman–Crippen MR) is 121 cm³/mol. The summed E-state index contributed by atoms with van der Waals surface area (Å²) >= 11 is 0. The van der Waals surface area contributed by atoms with Gasteiger partial charge in [-0.2, -0.15) is 0 Å². The highest BCUT2D eigenvalue weighted by atomic mass is 16.6. The van der Waals surface area contributed by atoms with E-state index in [1.54, 1.807) is 26.8 Å². The van der Waals surface area contributed by atoms with Gasteiger partial charge in [0.15, 0.2) is 0 Å². The highest BCUT2D eigenvalue weighted by Crippen LogP contribution is 2.16. The second-order valence-corrected chi connectivity index (χ2v) is 8.19. The number of nitro benzene ring substituents is 1. The van der Waals surface area contributed by atoms with Crippen molar-refractivity contribution in [2.24, 2.45) is 0 Å². The molecule has 0 spiro atoms. The highest BCUT2D eigenvalue weighted by Gasteiger charge is 2.26. The fourth-order valence-electron chi connectivity index (χ4n) is 3.95. The molecule has 1 fully saturated rings. The summed E-state index contributed by atoms with van der Waals surface area (Å²) in [4.78, 5) is 49.9. The minimum absolute atomic E-state index is 0.0555. The zero-order valence-corrected chi connectivity index (χ0v) is 18.8. The van der Waals surface area contributed by atoms with Gasteiger partial charge in [0, 0.05) is 64.0 Å². The SMILES string of the molecule is O=C(O)CN1CCNCCN(CC(=O)O)C(Cc2ccc([N+](=O)[O-])cc2)CN(CC(=O)O)CC1. The van der Waals surface area contributed by atoms with E-state index in [9.17, 15) is 39.8 Å². The highest BCUT2D eigenvalue weighted by molar-refractivity contribution is 5.70. The summed E-state index contributed by atoms with van der Waals surface area (Å²) in [5.41, 5.74) is 0.703. The third-order valence-corrected chi connectivity index (χ3v) is 5.57. The van der Waals surface area contributed by atoms with Crippen molar-refractivity contribution >= 4 is 23.6 Å². The van der Waals surface area contributed by atoms with Crippen LogP contribution in [-0.4, -0.2) is 124 Å². The van der Waals surface area contributed by atoms with Crippen molar-refractivity contribution in [1.82, 2.24) is 20.0 Å². The molecule has 1 atom stereocenters. The molecule has 0 saturated carbocycles. The maximum atomic E-state index is 11.6. The molecule has 0 aromatic heterocycles. The van der Waals surface area contributed by atoms with Crippen molar-refractivity contribution in [1.29, 1.82) is 0 Å². The summed E-state index contributed by atoms with van der Waals surface area (Å²) in [5.74, 6) is -3.03. The number of aliphatic carboxylic acids is 3.